The Morgan fingerprint density at radius 1 is 1.23 bits per heavy atom. The van der Waals surface area contributed by atoms with Gasteiger partial charge in [0.05, 0.1) is 25.2 Å². The molecule has 5 nitrogen and oxygen atoms in total. The molecule has 0 saturated carbocycles. The topological polar surface area (TPSA) is 55.8 Å². The average molecular weight is 348 g/mol. The van der Waals surface area contributed by atoms with Crippen LogP contribution in [0.3, 0.4) is 0 Å². The summed E-state index contributed by atoms with van der Waals surface area (Å²) in [5.74, 6) is 0.160. The Labute approximate surface area is 140 Å². The maximum Gasteiger partial charge on any atom is 0.307 e. The fourth-order valence-corrected chi connectivity index (χ4v) is 2.14. The lowest BCUT2D eigenvalue weighted by Crippen LogP contribution is -2.29. The molecule has 7 heteroatoms. The highest BCUT2D eigenvalue weighted by Gasteiger charge is 2.11. The van der Waals surface area contributed by atoms with Crippen LogP contribution < -0.4 is 4.74 Å². The van der Waals surface area contributed by atoms with Gasteiger partial charge in [-0.3, -0.25) is 9.59 Å². The summed E-state index contributed by atoms with van der Waals surface area (Å²) >= 11 is 11.8. The monoisotopic (exact) mass is 347 g/mol. The SMILES string of the molecule is COC(=O)CCN(C)C(=O)CCCOc1ccc(Cl)cc1Cl. The minimum Gasteiger partial charge on any atom is -0.492 e. The molecular weight excluding hydrogens is 329 g/mol. The number of amides is 1. The van der Waals surface area contributed by atoms with Crippen LogP contribution in [0, 0.1) is 0 Å². The molecule has 0 aliphatic carbocycles. The lowest BCUT2D eigenvalue weighted by molar-refractivity contribution is -0.141. The molecule has 122 valence electrons. The summed E-state index contributed by atoms with van der Waals surface area (Å²) in [5, 5.41) is 0.980. The molecule has 0 spiro atoms. The van der Waals surface area contributed by atoms with Gasteiger partial charge in [-0.1, -0.05) is 23.2 Å². The molecule has 1 rings (SSSR count). The number of nitrogens with zero attached hydrogens (tertiary/aromatic N) is 1. The van der Waals surface area contributed by atoms with E-state index in [1.807, 2.05) is 0 Å². The van der Waals surface area contributed by atoms with Gasteiger partial charge in [0.15, 0.2) is 0 Å². The molecular formula is C15H19Cl2NO4. The standard InChI is InChI=1S/C15H19Cl2NO4/c1-18(8-7-15(20)21-2)14(19)4-3-9-22-13-6-5-11(16)10-12(13)17/h5-6,10H,3-4,7-9H2,1-2H3. The van der Waals surface area contributed by atoms with Crippen LogP contribution >= 0.6 is 23.2 Å². The van der Waals surface area contributed by atoms with Crippen LogP contribution in [0.2, 0.25) is 10.0 Å². The molecule has 0 atom stereocenters. The van der Waals surface area contributed by atoms with Gasteiger partial charge >= 0.3 is 5.97 Å². The zero-order valence-electron chi connectivity index (χ0n) is 12.6. The van der Waals surface area contributed by atoms with E-state index >= 15 is 0 Å². The van der Waals surface area contributed by atoms with Crippen molar-refractivity contribution in [2.75, 3.05) is 27.3 Å². The number of methoxy groups -OCH3 is 1. The summed E-state index contributed by atoms with van der Waals surface area (Å²) < 4.78 is 10.0. The second kappa shape index (κ2) is 9.54. The Balaban J connectivity index is 2.25. The second-order valence-electron chi connectivity index (χ2n) is 4.67. The molecule has 0 saturated heterocycles. The summed E-state index contributed by atoms with van der Waals surface area (Å²) in [6.45, 7) is 0.716. The van der Waals surface area contributed by atoms with E-state index < -0.39 is 0 Å². The van der Waals surface area contributed by atoms with E-state index in [0.717, 1.165) is 0 Å². The number of rotatable bonds is 8. The summed E-state index contributed by atoms with van der Waals surface area (Å²) in [5.41, 5.74) is 0. The van der Waals surface area contributed by atoms with E-state index in [2.05, 4.69) is 4.74 Å². The second-order valence-corrected chi connectivity index (χ2v) is 5.51. The van der Waals surface area contributed by atoms with Gasteiger partial charge in [0.1, 0.15) is 5.75 Å². The lowest BCUT2D eigenvalue weighted by atomic mass is 10.2. The molecule has 1 aromatic rings. The molecule has 0 N–H and O–H groups in total. The Morgan fingerprint density at radius 2 is 1.95 bits per heavy atom. The average Bonchev–Trinajstić information content (AvgIpc) is 2.50. The van der Waals surface area contributed by atoms with Crippen molar-refractivity contribution in [2.45, 2.75) is 19.3 Å². The summed E-state index contributed by atoms with van der Waals surface area (Å²) in [7, 11) is 2.98. The smallest absolute Gasteiger partial charge is 0.307 e. The van der Waals surface area contributed by atoms with E-state index in [-0.39, 0.29) is 18.3 Å². The van der Waals surface area contributed by atoms with E-state index in [9.17, 15) is 9.59 Å². The van der Waals surface area contributed by atoms with Crippen molar-refractivity contribution in [3.63, 3.8) is 0 Å². The first kappa shape index (κ1) is 18.6. The highest BCUT2D eigenvalue weighted by molar-refractivity contribution is 6.35. The molecule has 0 heterocycles. The first-order valence-corrected chi connectivity index (χ1v) is 7.58. The first-order chi connectivity index (χ1) is 10.4. The Bertz CT molecular complexity index is 522. The molecule has 1 amide bonds. The predicted octanol–water partition coefficient (Wildman–Crippen LogP) is 3.17. The lowest BCUT2D eigenvalue weighted by Gasteiger charge is -2.16. The summed E-state index contributed by atoms with van der Waals surface area (Å²) in [6, 6.07) is 4.98. The van der Waals surface area contributed by atoms with Gasteiger partial charge in [0, 0.05) is 25.0 Å². The first-order valence-electron chi connectivity index (χ1n) is 6.82. The van der Waals surface area contributed by atoms with Crippen molar-refractivity contribution < 1.29 is 19.1 Å². The van der Waals surface area contributed by atoms with Crippen LogP contribution in [-0.4, -0.2) is 44.1 Å². The fraction of sp³-hybridized carbons (Fsp3) is 0.467. The van der Waals surface area contributed by atoms with E-state index in [1.54, 1.807) is 25.2 Å². The van der Waals surface area contributed by atoms with Crippen LogP contribution in [0.15, 0.2) is 18.2 Å². The predicted molar refractivity (Wildman–Crippen MR) is 85.5 cm³/mol. The van der Waals surface area contributed by atoms with Gasteiger partial charge in [-0.25, -0.2) is 0 Å². The Morgan fingerprint density at radius 3 is 2.59 bits per heavy atom. The zero-order valence-corrected chi connectivity index (χ0v) is 14.1. The Kier molecular flexibility index (Phi) is 8.06. The minimum absolute atomic E-state index is 0.0466. The zero-order chi connectivity index (χ0) is 16.5. The number of halogens is 2. The number of carbonyl (C=O) groups excluding carboxylic acids is 2. The third kappa shape index (κ3) is 6.54. The van der Waals surface area contributed by atoms with Crippen molar-refractivity contribution in [1.29, 1.82) is 0 Å². The van der Waals surface area contributed by atoms with Crippen LogP contribution in [0.1, 0.15) is 19.3 Å². The number of carbonyl (C=O) groups is 2. The van der Waals surface area contributed by atoms with E-state index in [0.29, 0.717) is 41.8 Å². The third-order valence-electron chi connectivity index (χ3n) is 2.99. The van der Waals surface area contributed by atoms with E-state index in [1.165, 1.54) is 12.0 Å². The van der Waals surface area contributed by atoms with Crippen molar-refractivity contribution >= 4 is 35.1 Å². The van der Waals surface area contributed by atoms with Crippen molar-refractivity contribution in [3.8, 4) is 5.75 Å². The fourth-order valence-electron chi connectivity index (χ4n) is 1.67. The Hall–Kier alpha value is -1.46. The molecule has 0 aromatic heterocycles. The highest BCUT2D eigenvalue weighted by Crippen LogP contribution is 2.27. The van der Waals surface area contributed by atoms with Gasteiger partial charge in [-0.15, -0.1) is 0 Å². The van der Waals surface area contributed by atoms with Crippen molar-refractivity contribution in [1.82, 2.24) is 4.90 Å². The molecule has 1 aromatic carbocycles. The van der Waals surface area contributed by atoms with Crippen molar-refractivity contribution in [2.24, 2.45) is 0 Å². The normalized spacial score (nSPS) is 10.2. The van der Waals surface area contributed by atoms with Gasteiger partial charge in [0.2, 0.25) is 5.91 Å². The van der Waals surface area contributed by atoms with Gasteiger partial charge in [-0.05, 0) is 24.6 Å². The highest BCUT2D eigenvalue weighted by atomic mass is 35.5. The van der Waals surface area contributed by atoms with Gasteiger partial charge in [0.25, 0.3) is 0 Å². The maximum absolute atomic E-state index is 11.8. The third-order valence-corrected chi connectivity index (χ3v) is 3.52. The largest absolute Gasteiger partial charge is 0.492 e. The van der Waals surface area contributed by atoms with E-state index in [4.69, 9.17) is 27.9 Å². The molecule has 22 heavy (non-hydrogen) atoms. The van der Waals surface area contributed by atoms with Crippen molar-refractivity contribution in [3.05, 3.63) is 28.2 Å². The number of ether oxygens (including phenoxy) is 2. The molecule has 0 radical (unpaired) electrons. The van der Waals surface area contributed by atoms with Crippen LogP contribution in [-0.2, 0) is 14.3 Å². The van der Waals surface area contributed by atoms with Gasteiger partial charge < -0.3 is 14.4 Å². The number of hydrogen-bond acceptors (Lipinski definition) is 4. The molecule has 0 unspecified atom stereocenters. The number of benzene rings is 1. The summed E-state index contributed by atoms with van der Waals surface area (Å²) in [4.78, 5) is 24.4. The molecule has 0 aliphatic heterocycles. The van der Waals surface area contributed by atoms with Crippen LogP contribution in [0.25, 0.3) is 0 Å². The summed E-state index contributed by atoms with van der Waals surface area (Å²) in [6.07, 6.45) is 1.08. The molecule has 0 aliphatic rings. The maximum atomic E-state index is 11.8. The molecule has 0 bridgehead atoms. The number of hydrogen-bond donors (Lipinski definition) is 0. The number of esters is 1. The molecule has 0 fully saturated rings. The minimum atomic E-state index is -0.333. The van der Waals surface area contributed by atoms with Crippen LogP contribution in [0.4, 0.5) is 0 Å². The van der Waals surface area contributed by atoms with Gasteiger partial charge in [-0.2, -0.15) is 0 Å². The quantitative estimate of drug-likeness (QED) is 0.535. The van der Waals surface area contributed by atoms with Crippen LogP contribution in [0.5, 0.6) is 5.75 Å².